The van der Waals surface area contributed by atoms with E-state index in [4.69, 9.17) is 57.9 Å². The van der Waals surface area contributed by atoms with Gasteiger partial charge in [-0.3, -0.25) is 9.09 Å². The van der Waals surface area contributed by atoms with Crippen molar-refractivity contribution in [2.75, 3.05) is 24.7 Å². The van der Waals surface area contributed by atoms with E-state index >= 15 is 0 Å². The summed E-state index contributed by atoms with van der Waals surface area (Å²) < 4.78 is 32.6. The van der Waals surface area contributed by atoms with Crippen LogP contribution in [0.4, 0.5) is 11.6 Å². The van der Waals surface area contributed by atoms with Gasteiger partial charge in [-0.1, -0.05) is 0 Å². The van der Waals surface area contributed by atoms with Gasteiger partial charge in [0.15, 0.2) is 29.2 Å². The molecule has 6 heterocycles. The number of ether oxygens (including phenoxy) is 1. The number of fused-ring (bicyclic) bond motifs is 4. The molecule has 8 rings (SSSR count). The second-order valence-corrected chi connectivity index (χ2v) is 16.9. The average Bonchev–Trinajstić information content (AvgIpc) is 3.28. The highest BCUT2D eigenvalue weighted by molar-refractivity contribution is 8.07. The highest BCUT2D eigenvalue weighted by Gasteiger charge is 2.73. The van der Waals surface area contributed by atoms with E-state index < -0.39 is 68.2 Å². The van der Waals surface area contributed by atoms with Gasteiger partial charge in [-0.15, -0.1) is 0 Å². The molecule has 8 N–H and O–H groups in total. The Morgan fingerprint density at radius 2 is 1.47 bits per heavy atom. The number of hydrogen-bond donors (Lipinski definition) is 6. The van der Waals surface area contributed by atoms with Gasteiger partial charge in [-0.25, -0.2) is 29.9 Å². The Kier molecular flexibility index (Phi) is 6.88. The van der Waals surface area contributed by atoms with Gasteiger partial charge in [-0.05, 0) is 36.0 Å². The lowest BCUT2D eigenvalue weighted by atomic mass is 10.0. The molecule has 19 nitrogen and oxygen atoms in total. The molecule has 0 amide bonds. The first-order valence-electron chi connectivity index (χ1n) is 13.6. The summed E-state index contributed by atoms with van der Waals surface area (Å²) in [6, 6.07) is -0.645. The van der Waals surface area contributed by atoms with E-state index in [1.54, 1.807) is 4.57 Å². The monoisotopic (exact) mass is 700 g/mol. The van der Waals surface area contributed by atoms with Crippen LogP contribution in [0.2, 0.25) is 0 Å². The van der Waals surface area contributed by atoms with Crippen molar-refractivity contribution in [1.29, 1.82) is 0 Å². The molecule has 2 aliphatic heterocycles. The van der Waals surface area contributed by atoms with Crippen LogP contribution in [0.5, 0.6) is 0 Å². The molecule has 45 heavy (non-hydrogen) atoms. The lowest BCUT2D eigenvalue weighted by Crippen LogP contribution is -2.38. The van der Waals surface area contributed by atoms with E-state index in [0.29, 0.717) is 17.6 Å². The maximum Gasteiger partial charge on any atom is 0.325 e. The first kappa shape index (κ1) is 30.0. The normalized spacial score (nSPS) is 41.7. The summed E-state index contributed by atoms with van der Waals surface area (Å²) >= 11 is 10.8. The molecule has 2 saturated carbocycles. The van der Waals surface area contributed by atoms with E-state index in [-0.39, 0.29) is 35.3 Å². The highest BCUT2D eigenvalue weighted by Crippen LogP contribution is 2.72. The first-order valence-corrected chi connectivity index (χ1v) is 18.8. The molecular formula is C22H26N10O9P2S2. The Hall–Kier alpha value is -2.36. The van der Waals surface area contributed by atoms with E-state index in [1.807, 2.05) is 0 Å². The SMILES string of the molecule is Nc1ncnc2c1ncn2[C@H]1[C@H](O)[C@@H]2OP(O)(=S)OC[C@H]3O[C@@H](n4cnc5c(N)ncnc54)[C@H](OP(O)(=S)OC[C@@]24C[C@H]14)[C@@H]3O. The van der Waals surface area contributed by atoms with Crippen LogP contribution in [0.3, 0.4) is 0 Å². The summed E-state index contributed by atoms with van der Waals surface area (Å²) in [4.78, 5) is 47.4. The number of nitrogen functional groups attached to an aromatic ring is 2. The predicted molar refractivity (Wildman–Crippen MR) is 160 cm³/mol. The zero-order valence-electron chi connectivity index (χ0n) is 22.8. The molecule has 240 valence electrons. The van der Waals surface area contributed by atoms with Crippen molar-refractivity contribution in [3.8, 4) is 0 Å². The number of nitrogens with two attached hydrogens (primary N) is 2. The fourth-order valence-corrected chi connectivity index (χ4v) is 9.67. The molecule has 2 unspecified atom stereocenters. The number of hydrogen-bond acceptors (Lipinski definition) is 17. The summed E-state index contributed by atoms with van der Waals surface area (Å²) in [6.45, 7) is -8.84. The van der Waals surface area contributed by atoms with E-state index in [9.17, 15) is 20.0 Å². The van der Waals surface area contributed by atoms with Crippen molar-refractivity contribution in [3.05, 3.63) is 25.3 Å². The third-order valence-corrected chi connectivity index (χ3v) is 12.0. The van der Waals surface area contributed by atoms with E-state index in [0.717, 1.165) is 0 Å². The molecule has 4 aromatic rings. The number of aliphatic hydroxyl groups excluding tert-OH is 2. The highest BCUT2D eigenvalue weighted by atomic mass is 32.5. The zero-order valence-corrected chi connectivity index (χ0v) is 26.2. The molecular weight excluding hydrogens is 674 g/mol. The second kappa shape index (κ2) is 10.3. The van der Waals surface area contributed by atoms with Gasteiger partial charge in [-0.2, -0.15) is 0 Å². The Morgan fingerprint density at radius 1 is 0.844 bits per heavy atom. The lowest BCUT2D eigenvalue weighted by Gasteiger charge is -2.32. The number of anilines is 2. The zero-order chi connectivity index (χ0) is 31.5. The second-order valence-electron chi connectivity index (χ2n) is 11.3. The van der Waals surface area contributed by atoms with Crippen molar-refractivity contribution in [1.82, 2.24) is 39.0 Å². The Labute approximate surface area is 263 Å². The molecule has 1 spiro atoms. The number of rotatable bonds is 2. The Balaban J connectivity index is 1.14. The van der Waals surface area contributed by atoms with E-state index in [2.05, 4.69) is 29.9 Å². The minimum Gasteiger partial charge on any atom is -0.388 e. The molecule has 4 aliphatic rings. The molecule has 2 bridgehead atoms. The predicted octanol–water partition coefficient (Wildman–Crippen LogP) is -0.738. The third kappa shape index (κ3) is 4.73. The maximum absolute atomic E-state index is 11.6. The topological polar surface area (TPSA) is 266 Å². The van der Waals surface area contributed by atoms with E-state index in [1.165, 1.54) is 29.9 Å². The smallest absolute Gasteiger partial charge is 0.325 e. The summed E-state index contributed by atoms with van der Waals surface area (Å²) in [5.74, 6) is -0.00927. The third-order valence-electron chi connectivity index (χ3n) is 8.90. The van der Waals surface area contributed by atoms with Gasteiger partial charge in [0.25, 0.3) is 0 Å². The summed E-state index contributed by atoms with van der Waals surface area (Å²) in [5, 5.41) is 22.8. The van der Waals surface area contributed by atoms with Crippen molar-refractivity contribution >= 4 is 71.0 Å². The molecule has 11 atom stereocenters. The number of aliphatic hydroxyl groups is 2. The first-order chi connectivity index (χ1) is 21.4. The van der Waals surface area contributed by atoms with Crippen LogP contribution in [-0.4, -0.2) is 103 Å². The summed E-state index contributed by atoms with van der Waals surface area (Å²) in [7, 11) is 0. The van der Waals surface area contributed by atoms with Gasteiger partial charge in [0, 0.05) is 5.41 Å². The van der Waals surface area contributed by atoms with Crippen molar-refractivity contribution in [3.63, 3.8) is 0 Å². The minimum absolute atomic E-state index is 0.120. The van der Waals surface area contributed by atoms with Crippen LogP contribution in [-0.2, 0) is 46.4 Å². The molecule has 0 aromatic carbocycles. The quantitative estimate of drug-likeness (QED) is 0.141. The fourth-order valence-electron chi connectivity index (χ4n) is 6.73. The van der Waals surface area contributed by atoms with Crippen molar-refractivity contribution in [2.45, 2.75) is 49.2 Å². The van der Waals surface area contributed by atoms with Gasteiger partial charge in [0.05, 0.1) is 31.9 Å². The van der Waals surface area contributed by atoms with Crippen LogP contribution in [0.15, 0.2) is 25.3 Å². The average molecular weight is 701 g/mol. The Bertz CT molecular complexity index is 1930. The van der Waals surface area contributed by atoms with Crippen LogP contribution >= 0.6 is 13.4 Å². The molecule has 2 saturated heterocycles. The van der Waals surface area contributed by atoms with Gasteiger partial charge < -0.3 is 54.3 Å². The number of aromatic nitrogens is 8. The van der Waals surface area contributed by atoms with Crippen LogP contribution in [0.1, 0.15) is 18.7 Å². The molecule has 23 heteroatoms. The van der Waals surface area contributed by atoms with Gasteiger partial charge >= 0.3 is 13.4 Å². The standard InChI is InChI=1S/C22H26N10O9P2S2/c23-17-10-19(27-4-25-17)31(6-29-10)12-8-1-22(8)3-38-43(36,45)40-15-13(33)9(2-37-42(35,44)41-16(22)14(12)34)39-21(15)32-7-30-11-18(24)26-5-28-20(11)32/h4-9,12-16,21,33-34H,1-3H2,(H,35,44)(H,36,45)(H2,23,25,27)(H2,24,26,28)/t8-,9-,12-,13-,14+,15-,16+,21-,22-,42?,43?/m1/s1. The molecule has 4 fully saturated rings. The minimum atomic E-state index is -4.10. The van der Waals surface area contributed by atoms with Crippen LogP contribution in [0, 0.1) is 11.3 Å². The van der Waals surface area contributed by atoms with Crippen molar-refractivity contribution in [2.24, 2.45) is 11.3 Å². The van der Waals surface area contributed by atoms with Crippen LogP contribution in [0.25, 0.3) is 22.3 Å². The summed E-state index contributed by atoms with van der Waals surface area (Å²) in [6.07, 6.45) is -1.53. The van der Waals surface area contributed by atoms with Crippen LogP contribution < -0.4 is 11.5 Å². The molecule has 2 aliphatic carbocycles. The molecule has 0 radical (unpaired) electrons. The summed E-state index contributed by atoms with van der Waals surface area (Å²) in [5.41, 5.74) is 12.3. The number of nitrogens with zero attached hydrogens (tertiary/aromatic N) is 8. The van der Waals surface area contributed by atoms with Gasteiger partial charge in [0.2, 0.25) is 0 Å². The molecule has 4 aromatic heterocycles. The Morgan fingerprint density at radius 3 is 2.16 bits per heavy atom. The maximum atomic E-state index is 11.6. The van der Waals surface area contributed by atoms with Crippen molar-refractivity contribution < 1.29 is 42.8 Å². The fraction of sp³-hybridized carbons (Fsp3) is 0.545. The lowest BCUT2D eigenvalue weighted by molar-refractivity contribution is -0.0592. The van der Waals surface area contributed by atoms with Gasteiger partial charge in [0.1, 0.15) is 54.2 Å². The largest absolute Gasteiger partial charge is 0.388 e. The number of imidazole rings is 2.